The molecule has 0 saturated carbocycles. The standard InChI is InChI=1S/C15H16F3N3O2/c1-10(22)14(23)21-6-4-20(5-7-21)13-8-11(9-19)2-3-12(13)15(16,17)18/h2-3,8,10,22H,4-7H2,1H3/t10-/m1/s1. The zero-order valence-corrected chi connectivity index (χ0v) is 12.5. The summed E-state index contributed by atoms with van der Waals surface area (Å²) < 4.78 is 39.4. The van der Waals surface area contributed by atoms with Gasteiger partial charge in [-0.05, 0) is 25.1 Å². The first-order chi connectivity index (χ1) is 10.7. The summed E-state index contributed by atoms with van der Waals surface area (Å²) in [6.45, 7) is 2.20. The molecule has 1 amide bonds. The average Bonchev–Trinajstić information content (AvgIpc) is 2.52. The molecular weight excluding hydrogens is 311 g/mol. The molecule has 1 atom stereocenters. The van der Waals surface area contributed by atoms with Crippen LogP contribution in [0.25, 0.3) is 0 Å². The van der Waals surface area contributed by atoms with Gasteiger partial charge in [-0.15, -0.1) is 0 Å². The minimum Gasteiger partial charge on any atom is -0.384 e. The van der Waals surface area contributed by atoms with Crippen molar-refractivity contribution in [1.29, 1.82) is 5.26 Å². The zero-order valence-electron chi connectivity index (χ0n) is 12.5. The summed E-state index contributed by atoms with van der Waals surface area (Å²) in [6.07, 6.45) is -5.65. The lowest BCUT2D eigenvalue weighted by Crippen LogP contribution is -2.51. The second-order valence-corrected chi connectivity index (χ2v) is 5.33. The summed E-state index contributed by atoms with van der Waals surface area (Å²) in [5, 5.41) is 18.2. The number of anilines is 1. The molecule has 2 rings (SSSR count). The molecule has 0 bridgehead atoms. The fraction of sp³-hybridized carbons (Fsp3) is 0.467. The van der Waals surface area contributed by atoms with Gasteiger partial charge in [0, 0.05) is 26.2 Å². The van der Waals surface area contributed by atoms with Gasteiger partial charge in [-0.25, -0.2) is 0 Å². The SMILES string of the molecule is C[C@@H](O)C(=O)N1CCN(c2cc(C#N)ccc2C(F)(F)F)CC1. The Hall–Kier alpha value is -2.27. The number of aliphatic hydroxyl groups is 1. The maximum absolute atomic E-state index is 13.1. The van der Waals surface area contributed by atoms with Gasteiger partial charge >= 0.3 is 6.18 Å². The highest BCUT2D eigenvalue weighted by Crippen LogP contribution is 2.37. The smallest absolute Gasteiger partial charge is 0.384 e. The van der Waals surface area contributed by atoms with Gasteiger partial charge in [-0.1, -0.05) is 0 Å². The normalized spacial score (nSPS) is 16.9. The van der Waals surface area contributed by atoms with Gasteiger partial charge in [0.05, 0.1) is 22.9 Å². The van der Waals surface area contributed by atoms with E-state index in [4.69, 9.17) is 5.26 Å². The maximum Gasteiger partial charge on any atom is 0.418 e. The van der Waals surface area contributed by atoms with Crippen molar-refractivity contribution in [3.05, 3.63) is 29.3 Å². The van der Waals surface area contributed by atoms with Gasteiger partial charge in [0.25, 0.3) is 5.91 Å². The summed E-state index contributed by atoms with van der Waals surface area (Å²) in [5.41, 5.74) is -0.706. The third kappa shape index (κ3) is 3.74. The summed E-state index contributed by atoms with van der Waals surface area (Å²) in [6, 6.07) is 5.10. The molecule has 0 spiro atoms. The quantitative estimate of drug-likeness (QED) is 0.896. The second kappa shape index (κ2) is 6.46. The van der Waals surface area contributed by atoms with Crippen molar-refractivity contribution in [3.8, 4) is 6.07 Å². The minimum atomic E-state index is -4.52. The van der Waals surface area contributed by atoms with Crippen LogP contribution in [0.1, 0.15) is 18.1 Å². The molecule has 124 valence electrons. The van der Waals surface area contributed by atoms with Crippen LogP contribution in [0.4, 0.5) is 18.9 Å². The fourth-order valence-electron chi connectivity index (χ4n) is 2.53. The van der Waals surface area contributed by atoms with Crippen molar-refractivity contribution in [2.45, 2.75) is 19.2 Å². The molecular formula is C15H16F3N3O2. The van der Waals surface area contributed by atoms with E-state index in [1.807, 2.05) is 6.07 Å². The molecule has 0 aliphatic carbocycles. The number of nitriles is 1. The van der Waals surface area contributed by atoms with Crippen LogP contribution in [-0.4, -0.2) is 48.2 Å². The molecule has 0 unspecified atom stereocenters. The Labute approximate surface area is 131 Å². The zero-order chi connectivity index (χ0) is 17.2. The summed E-state index contributed by atoms with van der Waals surface area (Å²) in [4.78, 5) is 14.6. The largest absolute Gasteiger partial charge is 0.418 e. The molecule has 5 nitrogen and oxygen atoms in total. The van der Waals surface area contributed by atoms with Gasteiger partial charge in [-0.2, -0.15) is 18.4 Å². The highest BCUT2D eigenvalue weighted by molar-refractivity contribution is 5.80. The lowest BCUT2D eigenvalue weighted by molar-refractivity contribution is -0.140. The highest BCUT2D eigenvalue weighted by atomic mass is 19.4. The number of halogens is 3. The van der Waals surface area contributed by atoms with Crippen LogP contribution in [0, 0.1) is 11.3 Å². The van der Waals surface area contributed by atoms with Gasteiger partial charge in [-0.3, -0.25) is 4.79 Å². The van der Waals surface area contributed by atoms with Crippen molar-refractivity contribution in [1.82, 2.24) is 4.90 Å². The number of hydrogen-bond acceptors (Lipinski definition) is 4. The number of hydrogen-bond donors (Lipinski definition) is 1. The maximum atomic E-state index is 13.1. The van der Waals surface area contributed by atoms with Crippen molar-refractivity contribution < 1.29 is 23.1 Å². The van der Waals surface area contributed by atoms with Crippen LogP contribution in [0.15, 0.2) is 18.2 Å². The minimum absolute atomic E-state index is 0.0549. The van der Waals surface area contributed by atoms with Crippen LogP contribution in [-0.2, 0) is 11.0 Å². The first-order valence-electron chi connectivity index (χ1n) is 7.07. The number of nitrogens with zero attached hydrogens (tertiary/aromatic N) is 3. The van der Waals surface area contributed by atoms with Crippen molar-refractivity contribution >= 4 is 11.6 Å². The van der Waals surface area contributed by atoms with Crippen LogP contribution in [0.5, 0.6) is 0 Å². The number of aliphatic hydroxyl groups excluding tert-OH is 1. The van der Waals surface area contributed by atoms with Gasteiger partial charge in [0.1, 0.15) is 6.10 Å². The van der Waals surface area contributed by atoms with E-state index < -0.39 is 23.8 Å². The van der Waals surface area contributed by atoms with Gasteiger partial charge < -0.3 is 14.9 Å². The van der Waals surface area contributed by atoms with E-state index in [0.717, 1.165) is 12.1 Å². The molecule has 1 aliphatic rings. The Bertz CT molecular complexity index is 630. The molecule has 1 aromatic carbocycles. The molecule has 1 saturated heterocycles. The number of amides is 1. The third-order valence-electron chi connectivity index (χ3n) is 3.72. The lowest BCUT2D eigenvalue weighted by Gasteiger charge is -2.37. The van der Waals surface area contributed by atoms with Crippen LogP contribution in [0.2, 0.25) is 0 Å². The van der Waals surface area contributed by atoms with Gasteiger partial charge in [0.15, 0.2) is 0 Å². The molecule has 0 radical (unpaired) electrons. The molecule has 1 fully saturated rings. The van der Waals surface area contributed by atoms with Crippen molar-refractivity contribution in [2.24, 2.45) is 0 Å². The molecule has 1 N–H and O–H groups in total. The molecule has 1 aliphatic heterocycles. The Balaban J connectivity index is 2.23. The average molecular weight is 327 g/mol. The van der Waals surface area contributed by atoms with E-state index in [0.29, 0.717) is 0 Å². The predicted octanol–water partition coefficient (Wildman–Crippen LogP) is 1.61. The molecule has 23 heavy (non-hydrogen) atoms. The number of carbonyl (C=O) groups excluding carboxylic acids is 1. The van der Waals surface area contributed by atoms with Crippen LogP contribution in [0.3, 0.4) is 0 Å². The summed E-state index contributed by atoms with van der Waals surface area (Å²) in [7, 11) is 0. The number of benzene rings is 1. The molecule has 1 heterocycles. The number of alkyl halides is 3. The van der Waals surface area contributed by atoms with E-state index in [-0.39, 0.29) is 37.4 Å². The Morgan fingerprint density at radius 2 is 1.91 bits per heavy atom. The van der Waals surface area contributed by atoms with E-state index in [1.54, 1.807) is 0 Å². The molecule has 8 heteroatoms. The van der Waals surface area contributed by atoms with E-state index in [9.17, 15) is 23.1 Å². The Morgan fingerprint density at radius 3 is 2.39 bits per heavy atom. The van der Waals surface area contributed by atoms with Crippen LogP contribution >= 0.6 is 0 Å². The molecule has 1 aromatic rings. The Morgan fingerprint density at radius 1 is 1.30 bits per heavy atom. The summed E-state index contributed by atoms with van der Waals surface area (Å²) in [5.74, 6) is -0.438. The first-order valence-corrected chi connectivity index (χ1v) is 7.07. The van der Waals surface area contributed by atoms with E-state index >= 15 is 0 Å². The van der Waals surface area contributed by atoms with Crippen molar-refractivity contribution in [3.63, 3.8) is 0 Å². The monoisotopic (exact) mass is 327 g/mol. The predicted molar refractivity (Wildman–Crippen MR) is 76.6 cm³/mol. The highest BCUT2D eigenvalue weighted by Gasteiger charge is 2.36. The fourth-order valence-corrected chi connectivity index (χ4v) is 2.53. The Kier molecular flexibility index (Phi) is 4.80. The van der Waals surface area contributed by atoms with E-state index in [2.05, 4.69) is 0 Å². The van der Waals surface area contributed by atoms with E-state index in [1.165, 1.54) is 22.8 Å². The van der Waals surface area contributed by atoms with Crippen LogP contribution < -0.4 is 4.90 Å². The third-order valence-corrected chi connectivity index (χ3v) is 3.72. The number of carbonyl (C=O) groups is 1. The first kappa shape index (κ1) is 17.1. The number of rotatable bonds is 2. The topological polar surface area (TPSA) is 67.6 Å². The summed E-state index contributed by atoms with van der Waals surface area (Å²) >= 11 is 0. The molecule has 0 aromatic heterocycles. The van der Waals surface area contributed by atoms with Crippen molar-refractivity contribution in [2.75, 3.05) is 31.1 Å². The second-order valence-electron chi connectivity index (χ2n) is 5.33. The number of piperazine rings is 1. The van der Waals surface area contributed by atoms with Gasteiger partial charge in [0.2, 0.25) is 0 Å². The lowest BCUT2D eigenvalue weighted by atomic mass is 10.1.